The van der Waals surface area contributed by atoms with Gasteiger partial charge in [0.05, 0.1) is 7.11 Å². The molecule has 0 bridgehead atoms. The second kappa shape index (κ2) is 8.34. The minimum atomic E-state index is 0.438. The van der Waals surface area contributed by atoms with Gasteiger partial charge in [-0.15, -0.1) is 0 Å². The van der Waals surface area contributed by atoms with Crippen molar-refractivity contribution in [3.05, 3.63) is 71.9 Å². The van der Waals surface area contributed by atoms with E-state index in [1.54, 1.807) is 13.3 Å². The van der Waals surface area contributed by atoms with E-state index in [2.05, 4.69) is 52.6 Å². The van der Waals surface area contributed by atoms with Crippen LogP contribution in [0.3, 0.4) is 0 Å². The number of benzene rings is 2. The van der Waals surface area contributed by atoms with E-state index in [-0.39, 0.29) is 0 Å². The molecule has 3 rings (SSSR count). The Morgan fingerprint density at radius 1 is 1.00 bits per heavy atom. The Balaban J connectivity index is 1.68. The number of nitrogens with one attached hydrogen (secondary N) is 2. The highest BCUT2D eigenvalue weighted by Crippen LogP contribution is 2.26. The van der Waals surface area contributed by atoms with Gasteiger partial charge in [0, 0.05) is 18.4 Å². The molecule has 0 saturated carbocycles. The van der Waals surface area contributed by atoms with Crippen LogP contribution in [0.2, 0.25) is 0 Å². The summed E-state index contributed by atoms with van der Waals surface area (Å²) in [6, 6.07) is 18.1. The Kier molecular flexibility index (Phi) is 5.69. The lowest BCUT2D eigenvalue weighted by Crippen LogP contribution is -2.05. The van der Waals surface area contributed by atoms with Crippen LogP contribution in [-0.2, 0) is 6.54 Å². The zero-order chi connectivity index (χ0) is 18.4. The topological polar surface area (TPSA) is 59.1 Å². The summed E-state index contributed by atoms with van der Waals surface area (Å²) < 4.78 is 5.18. The first-order chi connectivity index (χ1) is 12.7. The van der Waals surface area contributed by atoms with Gasteiger partial charge in [0.15, 0.2) is 0 Å². The van der Waals surface area contributed by atoms with Crippen LogP contribution in [0.1, 0.15) is 30.9 Å². The molecule has 0 unspecified atom stereocenters. The van der Waals surface area contributed by atoms with Gasteiger partial charge in [0.25, 0.3) is 0 Å². The van der Waals surface area contributed by atoms with Gasteiger partial charge in [-0.3, -0.25) is 0 Å². The van der Waals surface area contributed by atoms with Crippen molar-refractivity contribution in [1.82, 2.24) is 9.97 Å². The van der Waals surface area contributed by atoms with Crippen molar-refractivity contribution in [3.63, 3.8) is 0 Å². The molecular weight excluding hydrogens is 324 g/mol. The summed E-state index contributed by atoms with van der Waals surface area (Å²) in [5.41, 5.74) is 3.47. The monoisotopic (exact) mass is 348 g/mol. The lowest BCUT2D eigenvalue weighted by Gasteiger charge is -2.14. The van der Waals surface area contributed by atoms with Gasteiger partial charge in [-0.25, -0.2) is 4.98 Å². The Labute approximate surface area is 154 Å². The lowest BCUT2D eigenvalue weighted by atomic mass is 10.0. The van der Waals surface area contributed by atoms with Gasteiger partial charge in [-0.05, 0) is 41.3 Å². The van der Waals surface area contributed by atoms with E-state index < -0.39 is 0 Å². The Morgan fingerprint density at radius 2 is 1.77 bits per heavy atom. The van der Waals surface area contributed by atoms with E-state index in [1.807, 2.05) is 36.4 Å². The molecule has 0 fully saturated rings. The van der Waals surface area contributed by atoms with Crippen LogP contribution in [-0.4, -0.2) is 17.1 Å². The molecule has 1 heterocycles. The molecule has 5 nitrogen and oxygen atoms in total. The molecule has 0 amide bonds. The lowest BCUT2D eigenvalue weighted by molar-refractivity contribution is 0.414. The van der Waals surface area contributed by atoms with E-state index in [0.29, 0.717) is 18.4 Å². The van der Waals surface area contributed by atoms with Crippen molar-refractivity contribution in [2.75, 3.05) is 17.7 Å². The van der Waals surface area contributed by atoms with Crippen LogP contribution in [0.5, 0.6) is 5.75 Å². The fourth-order valence-electron chi connectivity index (χ4n) is 2.69. The number of aromatic nitrogens is 2. The van der Waals surface area contributed by atoms with Gasteiger partial charge >= 0.3 is 0 Å². The minimum Gasteiger partial charge on any atom is -0.497 e. The molecule has 1 aromatic heterocycles. The fourth-order valence-corrected chi connectivity index (χ4v) is 2.69. The van der Waals surface area contributed by atoms with E-state index in [0.717, 1.165) is 22.8 Å². The molecule has 5 heteroatoms. The first-order valence-electron chi connectivity index (χ1n) is 8.71. The molecular formula is C21H24N4O. The maximum atomic E-state index is 5.18. The molecule has 0 spiro atoms. The molecule has 0 saturated heterocycles. The van der Waals surface area contributed by atoms with Crippen LogP contribution in [0.25, 0.3) is 0 Å². The predicted octanol–water partition coefficient (Wildman–Crippen LogP) is 4.96. The summed E-state index contributed by atoms with van der Waals surface area (Å²) in [5, 5.41) is 6.66. The number of para-hydroxylation sites is 1. The maximum Gasteiger partial charge on any atom is 0.224 e. The zero-order valence-electron chi connectivity index (χ0n) is 15.4. The Morgan fingerprint density at radius 3 is 2.50 bits per heavy atom. The molecule has 2 aromatic carbocycles. The van der Waals surface area contributed by atoms with Crippen LogP contribution >= 0.6 is 0 Å². The average Bonchev–Trinajstić information content (AvgIpc) is 2.67. The first kappa shape index (κ1) is 17.7. The number of methoxy groups -OCH3 is 1. The summed E-state index contributed by atoms with van der Waals surface area (Å²) in [5.74, 6) is 2.64. The highest BCUT2D eigenvalue weighted by atomic mass is 16.5. The summed E-state index contributed by atoms with van der Waals surface area (Å²) in [7, 11) is 1.66. The van der Waals surface area contributed by atoms with E-state index in [9.17, 15) is 0 Å². The summed E-state index contributed by atoms with van der Waals surface area (Å²) in [4.78, 5) is 8.86. The fraction of sp³-hybridized carbons (Fsp3) is 0.238. The smallest absolute Gasteiger partial charge is 0.224 e. The highest BCUT2D eigenvalue weighted by molar-refractivity contribution is 5.61. The third-order valence-electron chi connectivity index (χ3n) is 4.11. The van der Waals surface area contributed by atoms with E-state index in [1.165, 1.54) is 5.56 Å². The van der Waals surface area contributed by atoms with Crippen LogP contribution in [0, 0.1) is 0 Å². The normalized spacial score (nSPS) is 10.6. The van der Waals surface area contributed by atoms with E-state index >= 15 is 0 Å². The third kappa shape index (κ3) is 4.51. The summed E-state index contributed by atoms with van der Waals surface area (Å²) in [6.07, 6.45) is 1.75. The molecule has 26 heavy (non-hydrogen) atoms. The maximum absolute atomic E-state index is 5.18. The molecule has 2 N–H and O–H groups in total. The number of nitrogens with zero attached hydrogens (tertiary/aromatic N) is 2. The highest BCUT2D eigenvalue weighted by Gasteiger charge is 2.07. The molecule has 0 aliphatic carbocycles. The Hall–Kier alpha value is -3.08. The van der Waals surface area contributed by atoms with Crippen molar-refractivity contribution < 1.29 is 4.74 Å². The van der Waals surface area contributed by atoms with Crippen molar-refractivity contribution in [3.8, 4) is 5.75 Å². The largest absolute Gasteiger partial charge is 0.497 e. The number of anilines is 3. The molecule has 0 aliphatic rings. The first-order valence-corrected chi connectivity index (χ1v) is 8.71. The number of ether oxygens (including phenoxy) is 1. The van der Waals surface area contributed by atoms with Crippen LogP contribution in [0.4, 0.5) is 17.5 Å². The average molecular weight is 348 g/mol. The summed E-state index contributed by atoms with van der Waals surface area (Å²) in [6.45, 7) is 5.01. The van der Waals surface area contributed by atoms with Gasteiger partial charge in [0.1, 0.15) is 11.6 Å². The van der Waals surface area contributed by atoms with Crippen LogP contribution in [0.15, 0.2) is 60.8 Å². The number of hydrogen-bond acceptors (Lipinski definition) is 5. The van der Waals surface area contributed by atoms with Gasteiger partial charge in [-0.2, -0.15) is 4.98 Å². The van der Waals surface area contributed by atoms with Gasteiger partial charge < -0.3 is 15.4 Å². The molecule has 0 aliphatic heterocycles. The van der Waals surface area contributed by atoms with Crippen molar-refractivity contribution in [2.45, 2.75) is 26.3 Å². The van der Waals surface area contributed by atoms with E-state index in [4.69, 9.17) is 4.74 Å². The van der Waals surface area contributed by atoms with Crippen LogP contribution < -0.4 is 15.4 Å². The molecule has 3 aromatic rings. The summed E-state index contributed by atoms with van der Waals surface area (Å²) >= 11 is 0. The second-order valence-corrected chi connectivity index (χ2v) is 6.33. The zero-order valence-corrected chi connectivity index (χ0v) is 15.4. The quantitative estimate of drug-likeness (QED) is 0.632. The molecule has 0 radical (unpaired) electrons. The van der Waals surface area contributed by atoms with Crippen molar-refractivity contribution >= 4 is 17.5 Å². The number of hydrogen-bond donors (Lipinski definition) is 2. The van der Waals surface area contributed by atoms with Gasteiger partial charge in [-0.1, -0.05) is 44.2 Å². The molecule has 134 valence electrons. The van der Waals surface area contributed by atoms with Crippen molar-refractivity contribution in [1.29, 1.82) is 0 Å². The molecule has 0 atom stereocenters. The number of rotatable bonds is 7. The minimum absolute atomic E-state index is 0.438. The second-order valence-electron chi connectivity index (χ2n) is 6.33. The third-order valence-corrected chi connectivity index (χ3v) is 4.11. The van der Waals surface area contributed by atoms with Crippen molar-refractivity contribution in [2.24, 2.45) is 0 Å². The Bertz CT molecular complexity index is 847. The van der Waals surface area contributed by atoms with Gasteiger partial charge in [0.2, 0.25) is 5.95 Å². The standard InChI is InChI=1S/C21H24N4O/c1-15(2)18-6-4-5-7-19(18)24-20-12-13-22-21(25-20)23-14-16-8-10-17(26-3)11-9-16/h4-13,15H,14H2,1-3H3,(H2,22,23,24,25). The predicted molar refractivity (Wildman–Crippen MR) is 106 cm³/mol. The SMILES string of the molecule is COc1ccc(CNc2nccc(Nc3ccccc3C(C)C)n2)cc1.